The highest BCUT2D eigenvalue weighted by molar-refractivity contribution is 6.33. The monoisotopic (exact) mass is 420 g/mol. The zero-order chi connectivity index (χ0) is 20.9. The molecule has 4 aromatic rings. The lowest BCUT2D eigenvalue weighted by molar-refractivity contribution is 0.0950. The van der Waals surface area contributed by atoms with Crippen LogP contribution in [-0.4, -0.2) is 30.5 Å². The maximum Gasteiger partial charge on any atom is 0.256 e. The highest BCUT2D eigenvalue weighted by Crippen LogP contribution is 2.21. The van der Waals surface area contributed by atoms with E-state index >= 15 is 0 Å². The fourth-order valence-electron chi connectivity index (χ4n) is 3.21. The van der Waals surface area contributed by atoms with Gasteiger partial charge in [-0.3, -0.25) is 4.79 Å². The van der Waals surface area contributed by atoms with Crippen LogP contribution in [0.15, 0.2) is 67.3 Å². The number of halogens is 1. The molecule has 0 aliphatic carbocycles. The molecule has 30 heavy (non-hydrogen) atoms. The third kappa shape index (κ3) is 4.58. The van der Waals surface area contributed by atoms with Gasteiger partial charge in [-0.15, -0.1) is 0 Å². The van der Waals surface area contributed by atoms with Crippen molar-refractivity contribution >= 4 is 17.5 Å². The molecular formula is C22H21ClN6O. The van der Waals surface area contributed by atoms with Gasteiger partial charge in [0.05, 0.1) is 24.3 Å². The number of nitrogens with zero attached hydrogens (tertiary/aromatic N) is 5. The van der Waals surface area contributed by atoms with Crippen molar-refractivity contribution in [2.45, 2.75) is 26.6 Å². The Hall–Kier alpha value is -3.45. The van der Waals surface area contributed by atoms with E-state index in [4.69, 9.17) is 11.6 Å². The third-order valence-corrected chi connectivity index (χ3v) is 5.14. The van der Waals surface area contributed by atoms with E-state index in [0.717, 1.165) is 16.7 Å². The fourth-order valence-corrected chi connectivity index (χ4v) is 3.53. The van der Waals surface area contributed by atoms with Gasteiger partial charge in [0.25, 0.3) is 5.91 Å². The number of amides is 1. The Morgan fingerprint density at radius 3 is 2.40 bits per heavy atom. The summed E-state index contributed by atoms with van der Waals surface area (Å²) in [6.45, 7) is 3.37. The van der Waals surface area contributed by atoms with Gasteiger partial charge in [-0.2, -0.15) is 10.2 Å². The Morgan fingerprint density at radius 2 is 1.70 bits per heavy atom. The Labute approximate surface area is 179 Å². The van der Waals surface area contributed by atoms with Crippen LogP contribution >= 0.6 is 11.6 Å². The SMILES string of the molecule is Cc1nn(Cc2ccccc2)c(Cl)c1C(=O)NCc1ccc(Cn2cncn2)cc1. The van der Waals surface area contributed by atoms with E-state index in [2.05, 4.69) is 20.5 Å². The molecule has 2 aromatic heterocycles. The number of nitrogens with one attached hydrogen (secondary N) is 1. The second-order valence-electron chi connectivity index (χ2n) is 6.99. The van der Waals surface area contributed by atoms with E-state index < -0.39 is 0 Å². The molecule has 2 heterocycles. The maximum atomic E-state index is 12.7. The Bertz CT molecular complexity index is 1120. The summed E-state index contributed by atoms with van der Waals surface area (Å²) in [6.07, 6.45) is 3.19. The van der Waals surface area contributed by atoms with Crippen molar-refractivity contribution < 1.29 is 4.79 Å². The number of benzene rings is 2. The lowest BCUT2D eigenvalue weighted by atomic mass is 10.1. The second kappa shape index (κ2) is 8.92. The summed E-state index contributed by atoms with van der Waals surface area (Å²) in [7, 11) is 0. The summed E-state index contributed by atoms with van der Waals surface area (Å²) in [5.41, 5.74) is 4.19. The highest BCUT2D eigenvalue weighted by Gasteiger charge is 2.20. The molecule has 4 rings (SSSR count). The number of hydrogen-bond donors (Lipinski definition) is 1. The molecule has 2 aromatic carbocycles. The normalized spacial score (nSPS) is 10.9. The van der Waals surface area contributed by atoms with Crippen LogP contribution in [0.1, 0.15) is 32.7 Å². The van der Waals surface area contributed by atoms with Crippen LogP contribution in [0.2, 0.25) is 5.15 Å². The number of aromatic nitrogens is 5. The van der Waals surface area contributed by atoms with Gasteiger partial charge in [0, 0.05) is 6.54 Å². The van der Waals surface area contributed by atoms with E-state index in [1.54, 1.807) is 22.6 Å². The number of hydrogen-bond acceptors (Lipinski definition) is 4. The first kappa shape index (κ1) is 19.8. The van der Waals surface area contributed by atoms with Gasteiger partial charge < -0.3 is 5.32 Å². The maximum absolute atomic E-state index is 12.7. The predicted molar refractivity (Wildman–Crippen MR) is 114 cm³/mol. The van der Waals surface area contributed by atoms with E-state index in [-0.39, 0.29) is 5.91 Å². The zero-order valence-corrected chi connectivity index (χ0v) is 17.3. The standard InChI is InChI=1S/C22H21ClN6O/c1-16-20(21(23)29(27-16)13-18-5-3-2-4-6-18)22(30)25-11-17-7-9-19(10-8-17)12-28-15-24-14-26-28/h2-10,14-15H,11-13H2,1H3,(H,25,30). The molecule has 8 heteroatoms. The minimum Gasteiger partial charge on any atom is -0.348 e. The van der Waals surface area contributed by atoms with Crippen molar-refractivity contribution in [1.29, 1.82) is 0 Å². The summed E-state index contributed by atoms with van der Waals surface area (Å²) >= 11 is 6.47. The topological polar surface area (TPSA) is 77.6 Å². The van der Waals surface area contributed by atoms with Crippen molar-refractivity contribution in [3.63, 3.8) is 0 Å². The first-order valence-electron chi connectivity index (χ1n) is 9.55. The zero-order valence-electron chi connectivity index (χ0n) is 16.5. The molecule has 0 spiro atoms. The molecule has 0 atom stereocenters. The molecule has 7 nitrogen and oxygen atoms in total. The van der Waals surface area contributed by atoms with Crippen molar-refractivity contribution in [2.75, 3.05) is 0 Å². The number of aryl methyl sites for hydroxylation is 1. The molecule has 0 aliphatic heterocycles. The predicted octanol–water partition coefficient (Wildman–Crippen LogP) is 3.46. The molecular weight excluding hydrogens is 400 g/mol. The average molecular weight is 421 g/mol. The number of carbonyl (C=O) groups is 1. The molecule has 1 amide bonds. The van der Waals surface area contributed by atoms with Gasteiger partial charge in [-0.1, -0.05) is 66.2 Å². The van der Waals surface area contributed by atoms with Crippen LogP contribution in [-0.2, 0) is 19.6 Å². The van der Waals surface area contributed by atoms with Crippen molar-refractivity contribution in [3.8, 4) is 0 Å². The first-order valence-corrected chi connectivity index (χ1v) is 9.93. The van der Waals surface area contributed by atoms with Crippen LogP contribution in [0.25, 0.3) is 0 Å². The van der Waals surface area contributed by atoms with E-state index in [1.807, 2.05) is 54.6 Å². The minimum absolute atomic E-state index is 0.233. The molecule has 1 N–H and O–H groups in total. The first-order chi connectivity index (χ1) is 14.6. The lowest BCUT2D eigenvalue weighted by Gasteiger charge is -2.07. The molecule has 0 saturated carbocycles. The second-order valence-corrected chi connectivity index (χ2v) is 7.34. The van der Waals surface area contributed by atoms with Gasteiger partial charge >= 0.3 is 0 Å². The molecule has 0 bridgehead atoms. The summed E-state index contributed by atoms with van der Waals surface area (Å²) in [4.78, 5) is 16.7. The quantitative estimate of drug-likeness (QED) is 0.496. The highest BCUT2D eigenvalue weighted by atomic mass is 35.5. The van der Waals surface area contributed by atoms with Crippen LogP contribution in [0.4, 0.5) is 0 Å². The number of rotatable bonds is 7. The van der Waals surface area contributed by atoms with E-state index in [1.165, 1.54) is 6.33 Å². The largest absolute Gasteiger partial charge is 0.348 e. The van der Waals surface area contributed by atoms with Gasteiger partial charge in [-0.25, -0.2) is 14.3 Å². The average Bonchev–Trinajstić information content (AvgIpc) is 3.36. The van der Waals surface area contributed by atoms with Crippen LogP contribution in [0.3, 0.4) is 0 Å². The van der Waals surface area contributed by atoms with Gasteiger partial charge in [0.2, 0.25) is 0 Å². The summed E-state index contributed by atoms with van der Waals surface area (Å²) in [5, 5.41) is 11.8. The minimum atomic E-state index is -0.233. The van der Waals surface area contributed by atoms with Gasteiger partial charge in [0.15, 0.2) is 0 Å². The molecule has 0 radical (unpaired) electrons. The summed E-state index contributed by atoms with van der Waals surface area (Å²) in [5.74, 6) is -0.233. The summed E-state index contributed by atoms with van der Waals surface area (Å²) in [6, 6.07) is 17.9. The van der Waals surface area contributed by atoms with Gasteiger partial charge in [0.1, 0.15) is 17.8 Å². The Morgan fingerprint density at radius 1 is 1.00 bits per heavy atom. The number of carbonyl (C=O) groups excluding carboxylic acids is 1. The van der Waals surface area contributed by atoms with Crippen LogP contribution in [0, 0.1) is 6.92 Å². The molecule has 0 aliphatic rings. The van der Waals surface area contributed by atoms with Crippen LogP contribution < -0.4 is 5.32 Å². The van der Waals surface area contributed by atoms with Crippen molar-refractivity contribution in [1.82, 2.24) is 29.9 Å². The third-order valence-electron chi connectivity index (χ3n) is 4.75. The lowest BCUT2D eigenvalue weighted by Crippen LogP contribution is -2.23. The van der Waals surface area contributed by atoms with E-state index in [9.17, 15) is 4.79 Å². The Balaban J connectivity index is 1.39. The molecule has 0 saturated heterocycles. The van der Waals surface area contributed by atoms with Crippen LogP contribution in [0.5, 0.6) is 0 Å². The summed E-state index contributed by atoms with van der Waals surface area (Å²) < 4.78 is 3.41. The van der Waals surface area contributed by atoms with Crippen molar-refractivity contribution in [3.05, 3.63) is 100 Å². The molecule has 0 fully saturated rings. The smallest absolute Gasteiger partial charge is 0.256 e. The molecule has 0 unspecified atom stereocenters. The van der Waals surface area contributed by atoms with Crippen molar-refractivity contribution in [2.24, 2.45) is 0 Å². The molecule has 152 valence electrons. The van der Waals surface area contributed by atoms with Gasteiger partial charge in [-0.05, 0) is 23.6 Å². The Kier molecular flexibility index (Phi) is 5.90. The fraction of sp³-hybridized carbons (Fsp3) is 0.182. The van der Waals surface area contributed by atoms with E-state index in [0.29, 0.717) is 36.0 Å².